The Balaban J connectivity index is 2.53. The number of aryl methyl sites for hydroxylation is 1. The molecule has 1 aromatic heterocycles. The Kier molecular flexibility index (Phi) is 1.77. The summed E-state index contributed by atoms with van der Waals surface area (Å²) in [4.78, 5) is 3.81. The van der Waals surface area contributed by atoms with Crippen LogP contribution >= 0.6 is 0 Å². The molecule has 0 unspecified atom stereocenters. The number of hydrogen-bond acceptors (Lipinski definition) is 3. The molecule has 3 nitrogen and oxygen atoms in total. The fraction of sp³-hybridized carbons (Fsp3) is 0.100. The SMILES string of the molecule is Cc1cc(O)cc(-c2cnco2)c1. The first-order chi connectivity index (χ1) is 6.25. The summed E-state index contributed by atoms with van der Waals surface area (Å²) >= 11 is 0. The van der Waals surface area contributed by atoms with Crippen LogP contribution in [-0.4, -0.2) is 10.1 Å². The Hall–Kier alpha value is -1.77. The number of hydrogen-bond donors (Lipinski definition) is 1. The van der Waals surface area contributed by atoms with Crippen LogP contribution < -0.4 is 0 Å². The van der Waals surface area contributed by atoms with Gasteiger partial charge in [-0.05, 0) is 30.7 Å². The minimum atomic E-state index is 0.242. The lowest BCUT2D eigenvalue weighted by Crippen LogP contribution is -1.77. The maximum Gasteiger partial charge on any atom is 0.181 e. The topological polar surface area (TPSA) is 46.3 Å². The largest absolute Gasteiger partial charge is 0.508 e. The van der Waals surface area contributed by atoms with Gasteiger partial charge in [-0.1, -0.05) is 0 Å². The summed E-state index contributed by atoms with van der Waals surface area (Å²) in [5.74, 6) is 0.908. The van der Waals surface area contributed by atoms with Crippen molar-refractivity contribution in [2.75, 3.05) is 0 Å². The van der Waals surface area contributed by atoms with E-state index < -0.39 is 0 Å². The van der Waals surface area contributed by atoms with E-state index in [1.807, 2.05) is 13.0 Å². The third kappa shape index (κ3) is 1.54. The second kappa shape index (κ2) is 2.94. The van der Waals surface area contributed by atoms with Crippen LogP contribution in [0.5, 0.6) is 5.75 Å². The molecule has 1 heterocycles. The summed E-state index contributed by atoms with van der Waals surface area (Å²) in [7, 11) is 0. The molecule has 13 heavy (non-hydrogen) atoms. The molecule has 0 aliphatic rings. The number of phenolic OH excluding ortho intramolecular Hbond substituents is 1. The van der Waals surface area contributed by atoms with E-state index in [4.69, 9.17) is 4.42 Å². The van der Waals surface area contributed by atoms with Gasteiger partial charge in [0.2, 0.25) is 0 Å². The van der Waals surface area contributed by atoms with Crippen molar-refractivity contribution in [3.05, 3.63) is 36.4 Å². The molecule has 0 radical (unpaired) electrons. The number of benzene rings is 1. The molecular weight excluding hydrogens is 166 g/mol. The van der Waals surface area contributed by atoms with Gasteiger partial charge in [0.15, 0.2) is 12.2 Å². The van der Waals surface area contributed by atoms with E-state index in [9.17, 15) is 5.11 Å². The first-order valence-electron chi connectivity index (χ1n) is 3.95. The van der Waals surface area contributed by atoms with Crippen molar-refractivity contribution in [2.24, 2.45) is 0 Å². The second-order valence-corrected chi connectivity index (χ2v) is 2.92. The van der Waals surface area contributed by atoms with Gasteiger partial charge in [0.1, 0.15) is 5.75 Å². The van der Waals surface area contributed by atoms with Gasteiger partial charge in [0.25, 0.3) is 0 Å². The first kappa shape index (κ1) is 7.86. The quantitative estimate of drug-likeness (QED) is 0.723. The Morgan fingerprint density at radius 3 is 2.77 bits per heavy atom. The number of phenols is 1. The second-order valence-electron chi connectivity index (χ2n) is 2.92. The molecule has 2 aromatic rings. The molecule has 2 rings (SSSR count). The van der Waals surface area contributed by atoms with Crippen molar-refractivity contribution >= 4 is 0 Å². The fourth-order valence-corrected chi connectivity index (χ4v) is 1.26. The molecule has 1 aromatic carbocycles. The van der Waals surface area contributed by atoms with E-state index in [2.05, 4.69) is 4.98 Å². The van der Waals surface area contributed by atoms with Crippen LogP contribution in [0.25, 0.3) is 11.3 Å². The monoisotopic (exact) mass is 175 g/mol. The molecule has 0 spiro atoms. The molecular formula is C10H9NO2. The highest BCUT2D eigenvalue weighted by Gasteiger charge is 2.02. The Labute approximate surface area is 75.7 Å². The van der Waals surface area contributed by atoms with Crippen molar-refractivity contribution in [1.29, 1.82) is 0 Å². The lowest BCUT2D eigenvalue weighted by atomic mass is 10.1. The fourth-order valence-electron chi connectivity index (χ4n) is 1.26. The maximum absolute atomic E-state index is 9.33. The van der Waals surface area contributed by atoms with Crippen LogP contribution in [0, 0.1) is 6.92 Å². The highest BCUT2D eigenvalue weighted by molar-refractivity contribution is 5.59. The summed E-state index contributed by atoms with van der Waals surface area (Å²) in [5.41, 5.74) is 1.83. The third-order valence-corrected chi connectivity index (χ3v) is 1.78. The smallest absolute Gasteiger partial charge is 0.181 e. The van der Waals surface area contributed by atoms with E-state index >= 15 is 0 Å². The van der Waals surface area contributed by atoms with Crippen LogP contribution in [-0.2, 0) is 0 Å². The number of rotatable bonds is 1. The Morgan fingerprint density at radius 1 is 1.31 bits per heavy atom. The zero-order chi connectivity index (χ0) is 9.26. The molecule has 0 fully saturated rings. The van der Waals surface area contributed by atoms with E-state index in [1.54, 1.807) is 18.3 Å². The molecule has 0 saturated heterocycles. The normalized spacial score (nSPS) is 10.2. The van der Waals surface area contributed by atoms with Gasteiger partial charge in [-0.15, -0.1) is 0 Å². The van der Waals surface area contributed by atoms with E-state index in [0.29, 0.717) is 5.76 Å². The van der Waals surface area contributed by atoms with E-state index in [1.165, 1.54) is 6.39 Å². The van der Waals surface area contributed by atoms with Crippen LogP contribution in [0.4, 0.5) is 0 Å². The molecule has 0 saturated carbocycles. The number of nitrogens with zero attached hydrogens (tertiary/aromatic N) is 1. The molecule has 0 amide bonds. The Bertz CT molecular complexity index is 387. The number of aromatic nitrogens is 1. The van der Waals surface area contributed by atoms with Gasteiger partial charge in [-0.25, -0.2) is 4.98 Å². The molecule has 3 heteroatoms. The van der Waals surface area contributed by atoms with Crippen LogP contribution in [0.15, 0.2) is 35.2 Å². The van der Waals surface area contributed by atoms with Crippen molar-refractivity contribution < 1.29 is 9.52 Å². The van der Waals surface area contributed by atoms with Gasteiger partial charge in [-0.3, -0.25) is 0 Å². The highest BCUT2D eigenvalue weighted by Crippen LogP contribution is 2.24. The molecule has 1 N–H and O–H groups in total. The van der Waals surface area contributed by atoms with E-state index in [-0.39, 0.29) is 5.75 Å². The summed E-state index contributed by atoms with van der Waals surface area (Å²) in [6, 6.07) is 5.27. The zero-order valence-corrected chi connectivity index (χ0v) is 7.19. The average molecular weight is 175 g/mol. The molecule has 0 atom stereocenters. The summed E-state index contributed by atoms with van der Waals surface area (Å²) < 4.78 is 5.11. The Morgan fingerprint density at radius 2 is 2.15 bits per heavy atom. The number of aromatic hydroxyl groups is 1. The zero-order valence-electron chi connectivity index (χ0n) is 7.19. The van der Waals surface area contributed by atoms with E-state index in [0.717, 1.165) is 11.1 Å². The minimum Gasteiger partial charge on any atom is -0.508 e. The predicted molar refractivity (Wildman–Crippen MR) is 48.3 cm³/mol. The van der Waals surface area contributed by atoms with Gasteiger partial charge < -0.3 is 9.52 Å². The molecule has 0 aliphatic heterocycles. The first-order valence-corrected chi connectivity index (χ1v) is 3.95. The average Bonchev–Trinajstić information content (AvgIpc) is 2.53. The van der Waals surface area contributed by atoms with Crippen molar-refractivity contribution in [2.45, 2.75) is 6.92 Å². The molecule has 0 bridgehead atoms. The minimum absolute atomic E-state index is 0.242. The van der Waals surface area contributed by atoms with Gasteiger partial charge in [0, 0.05) is 5.56 Å². The highest BCUT2D eigenvalue weighted by atomic mass is 16.3. The maximum atomic E-state index is 9.33. The van der Waals surface area contributed by atoms with Gasteiger partial charge >= 0.3 is 0 Å². The van der Waals surface area contributed by atoms with Crippen molar-refractivity contribution in [1.82, 2.24) is 4.98 Å². The van der Waals surface area contributed by atoms with Crippen molar-refractivity contribution in [3.8, 4) is 17.1 Å². The number of oxazole rings is 1. The lowest BCUT2D eigenvalue weighted by molar-refractivity contribution is 0.474. The summed E-state index contributed by atoms with van der Waals surface area (Å²) in [5, 5.41) is 9.33. The van der Waals surface area contributed by atoms with Crippen LogP contribution in [0.3, 0.4) is 0 Å². The summed E-state index contributed by atoms with van der Waals surface area (Å²) in [6.07, 6.45) is 2.99. The van der Waals surface area contributed by atoms with Crippen LogP contribution in [0.2, 0.25) is 0 Å². The third-order valence-electron chi connectivity index (χ3n) is 1.78. The molecule has 0 aliphatic carbocycles. The van der Waals surface area contributed by atoms with Crippen LogP contribution in [0.1, 0.15) is 5.56 Å². The summed E-state index contributed by atoms with van der Waals surface area (Å²) in [6.45, 7) is 1.92. The van der Waals surface area contributed by atoms with Gasteiger partial charge in [0.05, 0.1) is 6.20 Å². The standard InChI is InChI=1S/C10H9NO2/c1-7-2-8(4-9(12)3-7)10-5-11-6-13-10/h2-6,12H,1H3. The lowest BCUT2D eigenvalue weighted by Gasteiger charge is -1.99. The predicted octanol–water partition coefficient (Wildman–Crippen LogP) is 2.36. The van der Waals surface area contributed by atoms with Gasteiger partial charge in [-0.2, -0.15) is 0 Å². The van der Waals surface area contributed by atoms with Crippen molar-refractivity contribution in [3.63, 3.8) is 0 Å². The molecule has 66 valence electrons.